The lowest BCUT2D eigenvalue weighted by Gasteiger charge is -2.29. The molecule has 0 aliphatic carbocycles. The molecule has 1 saturated heterocycles. The largest absolute Gasteiger partial charge is 0.393 e. The van der Waals surface area contributed by atoms with E-state index in [0.29, 0.717) is 31.5 Å². The van der Waals surface area contributed by atoms with E-state index in [-0.39, 0.29) is 12.0 Å². The van der Waals surface area contributed by atoms with Gasteiger partial charge < -0.3 is 10.0 Å². The number of benzene rings is 1. The number of aliphatic hydroxyl groups is 1. The summed E-state index contributed by atoms with van der Waals surface area (Å²) >= 11 is 0. The van der Waals surface area contributed by atoms with Crippen molar-refractivity contribution in [2.24, 2.45) is 0 Å². The van der Waals surface area contributed by atoms with Gasteiger partial charge in [0.25, 0.3) is 5.91 Å². The molecule has 16 heavy (non-hydrogen) atoms. The minimum absolute atomic E-state index is 0.0481. The first kappa shape index (κ1) is 11.1. The molecule has 1 radical (unpaired) electrons. The Morgan fingerprint density at radius 1 is 1.25 bits per heavy atom. The molecule has 1 fully saturated rings. The van der Waals surface area contributed by atoms with E-state index in [2.05, 4.69) is 6.92 Å². The van der Waals surface area contributed by atoms with E-state index in [4.69, 9.17) is 0 Å². The number of nitrogens with zero attached hydrogens (tertiary/aromatic N) is 1. The van der Waals surface area contributed by atoms with Gasteiger partial charge in [-0.2, -0.15) is 0 Å². The molecule has 85 valence electrons. The van der Waals surface area contributed by atoms with Gasteiger partial charge in [0.05, 0.1) is 6.10 Å². The van der Waals surface area contributed by atoms with Crippen molar-refractivity contribution in [2.45, 2.75) is 18.9 Å². The quantitative estimate of drug-likeness (QED) is 0.775. The maximum atomic E-state index is 12.0. The third kappa shape index (κ3) is 2.42. The van der Waals surface area contributed by atoms with Crippen molar-refractivity contribution < 1.29 is 9.90 Å². The second-order valence-corrected chi connectivity index (χ2v) is 4.22. The smallest absolute Gasteiger partial charge is 0.253 e. The summed E-state index contributed by atoms with van der Waals surface area (Å²) in [4.78, 5) is 13.8. The Bertz CT molecular complexity index is 364. The van der Waals surface area contributed by atoms with Crippen molar-refractivity contribution in [3.63, 3.8) is 0 Å². The summed E-state index contributed by atoms with van der Waals surface area (Å²) < 4.78 is 0. The third-order valence-corrected chi connectivity index (χ3v) is 2.95. The minimum atomic E-state index is -0.244. The summed E-state index contributed by atoms with van der Waals surface area (Å²) in [6.07, 6.45) is 1.12. The summed E-state index contributed by atoms with van der Waals surface area (Å²) in [7, 11) is 0. The number of amides is 1. The first-order valence-electron chi connectivity index (χ1n) is 5.56. The van der Waals surface area contributed by atoms with Crippen LogP contribution < -0.4 is 0 Å². The molecule has 0 saturated carbocycles. The van der Waals surface area contributed by atoms with Gasteiger partial charge in [-0.05, 0) is 37.5 Å². The Balaban J connectivity index is 2.05. The number of aliphatic hydroxyl groups excluding tert-OH is 1. The van der Waals surface area contributed by atoms with Crippen molar-refractivity contribution >= 4 is 5.91 Å². The average molecular weight is 218 g/mol. The zero-order chi connectivity index (χ0) is 11.5. The molecule has 1 aliphatic rings. The fourth-order valence-electron chi connectivity index (χ4n) is 1.90. The van der Waals surface area contributed by atoms with E-state index in [1.807, 2.05) is 12.1 Å². The van der Waals surface area contributed by atoms with Crippen molar-refractivity contribution in [1.82, 2.24) is 4.90 Å². The van der Waals surface area contributed by atoms with Gasteiger partial charge in [0, 0.05) is 18.7 Å². The van der Waals surface area contributed by atoms with Gasteiger partial charge in [0.2, 0.25) is 0 Å². The molecular formula is C13H16NO2. The van der Waals surface area contributed by atoms with Gasteiger partial charge in [-0.1, -0.05) is 12.1 Å². The molecule has 0 atom stereocenters. The first-order valence-corrected chi connectivity index (χ1v) is 5.56. The highest BCUT2D eigenvalue weighted by Gasteiger charge is 2.21. The van der Waals surface area contributed by atoms with E-state index < -0.39 is 0 Å². The second kappa shape index (κ2) is 4.66. The molecule has 0 bridgehead atoms. The summed E-state index contributed by atoms with van der Waals surface area (Å²) in [6.45, 7) is 5.08. The molecule has 3 heteroatoms. The number of carbonyl (C=O) groups excluding carboxylic acids is 1. The van der Waals surface area contributed by atoms with E-state index in [0.717, 1.165) is 5.56 Å². The standard InChI is InChI=1S/C13H16NO2/c1-10-2-4-11(5-3-10)13(16)14-8-6-12(15)7-9-14/h2-5,12,15H,1,6-9H2. The van der Waals surface area contributed by atoms with E-state index in [9.17, 15) is 9.90 Å². The van der Waals surface area contributed by atoms with Crippen LogP contribution in [0.4, 0.5) is 0 Å². The Kier molecular flexibility index (Phi) is 3.25. The van der Waals surface area contributed by atoms with Crippen LogP contribution in [0.1, 0.15) is 28.8 Å². The molecule has 1 aliphatic heterocycles. The SMILES string of the molecule is [CH2]c1ccc(C(=O)N2CCC(O)CC2)cc1. The Morgan fingerprint density at radius 3 is 2.38 bits per heavy atom. The molecule has 1 aromatic carbocycles. The molecule has 3 nitrogen and oxygen atoms in total. The summed E-state index contributed by atoms with van der Waals surface area (Å²) in [5, 5.41) is 9.37. The molecule has 1 heterocycles. The fourth-order valence-corrected chi connectivity index (χ4v) is 1.90. The Hall–Kier alpha value is -1.35. The minimum Gasteiger partial charge on any atom is -0.393 e. The molecule has 0 aromatic heterocycles. The zero-order valence-corrected chi connectivity index (χ0v) is 9.22. The maximum Gasteiger partial charge on any atom is 0.253 e. The normalized spacial score (nSPS) is 17.5. The molecule has 1 amide bonds. The topological polar surface area (TPSA) is 40.5 Å². The van der Waals surface area contributed by atoms with Crippen molar-refractivity contribution in [2.75, 3.05) is 13.1 Å². The van der Waals surface area contributed by atoms with Crippen molar-refractivity contribution in [3.8, 4) is 0 Å². The van der Waals surface area contributed by atoms with Crippen LogP contribution in [-0.4, -0.2) is 35.1 Å². The zero-order valence-electron chi connectivity index (χ0n) is 9.22. The highest BCUT2D eigenvalue weighted by Crippen LogP contribution is 2.14. The lowest BCUT2D eigenvalue weighted by Crippen LogP contribution is -2.40. The van der Waals surface area contributed by atoms with Crippen molar-refractivity contribution in [3.05, 3.63) is 42.3 Å². The Labute approximate surface area is 95.7 Å². The summed E-state index contributed by atoms with van der Waals surface area (Å²) in [6, 6.07) is 7.28. The summed E-state index contributed by atoms with van der Waals surface area (Å²) in [5.74, 6) is 0.0481. The van der Waals surface area contributed by atoms with Crippen LogP contribution in [0.15, 0.2) is 24.3 Å². The number of hydrogen-bond acceptors (Lipinski definition) is 2. The van der Waals surface area contributed by atoms with Crippen LogP contribution in [-0.2, 0) is 0 Å². The number of hydrogen-bond donors (Lipinski definition) is 1. The van der Waals surface area contributed by atoms with Gasteiger partial charge in [0.1, 0.15) is 0 Å². The van der Waals surface area contributed by atoms with Crippen LogP contribution in [0, 0.1) is 6.92 Å². The lowest BCUT2D eigenvalue weighted by molar-refractivity contribution is 0.0546. The van der Waals surface area contributed by atoms with Gasteiger partial charge >= 0.3 is 0 Å². The van der Waals surface area contributed by atoms with Gasteiger partial charge in [-0.15, -0.1) is 0 Å². The second-order valence-electron chi connectivity index (χ2n) is 4.22. The van der Waals surface area contributed by atoms with Gasteiger partial charge in [-0.25, -0.2) is 0 Å². The van der Waals surface area contributed by atoms with E-state index >= 15 is 0 Å². The predicted octanol–water partition coefficient (Wildman–Crippen LogP) is 1.47. The molecule has 0 spiro atoms. The number of piperidine rings is 1. The Morgan fingerprint density at radius 2 is 1.81 bits per heavy atom. The highest BCUT2D eigenvalue weighted by molar-refractivity contribution is 5.94. The molecule has 2 rings (SSSR count). The average Bonchev–Trinajstić information content (AvgIpc) is 2.30. The summed E-state index contributed by atoms with van der Waals surface area (Å²) in [5.41, 5.74) is 1.61. The van der Waals surface area contributed by atoms with Crippen LogP contribution in [0.25, 0.3) is 0 Å². The van der Waals surface area contributed by atoms with Crippen molar-refractivity contribution in [1.29, 1.82) is 0 Å². The fraction of sp³-hybridized carbons (Fsp3) is 0.385. The monoisotopic (exact) mass is 218 g/mol. The predicted molar refractivity (Wildman–Crippen MR) is 62.0 cm³/mol. The molecule has 0 unspecified atom stereocenters. The van der Waals surface area contributed by atoms with Crippen LogP contribution in [0.5, 0.6) is 0 Å². The third-order valence-electron chi connectivity index (χ3n) is 2.95. The van der Waals surface area contributed by atoms with Crippen LogP contribution in [0.3, 0.4) is 0 Å². The number of carbonyl (C=O) groups is 1. The van der Waals surface area contributed by atoms with Gasteiger partial charge in [0.15, 0.2) is 0 Å². The number of likely N-dealkylation sites (tertiary alicyclic amines) is 1. The first-order chi connectivity index (χ1) is 7.66. The lowest BCUT2D eigenvalue weighted by atomic mass is 10.1. The van der Waals surface area contributed by atoms with E-state index in [1.165, 1.54) is 0 Å². The van der Waals surface area contributed by atoms with Crippen LogP contribution in [0.2, 0.25) is 0 Å². The number of rotatable bonds is 1. The van der Waals surface area contributed by atoms with E-state index in [1.54, 1.807) is 17.0 Å². The highest BCUT2D eigenvalue weighted by atomic mass is 16.3. The maximum absolute atomic E-state index is 12.0. The van der Waals surface area contributed by atoms with Gasteiger partial charge in [-0.3, -0.25) is 4.79 Å². The molecule has 1 aromatic rings. The molecular weight excluding hydrogens is 202 g/mol. The molecule has 1 N–H and O–H groups in total. The van der Waals surface area contributed by atoms with Crippen LogP contribution >= 0.6 is 0 Å².